The van der Waals surface area contributed by atoms with Gasteiger partial charge in [-0.3, -0.25) is 37.3 Å². The first-order valence-electron chi connectivity index (χ1n) is 39.1. The van der Waals surface area contributed by atoms with Crippen LogP contribution in [0.15, 0.2) is 0 Å². The molecule has 0 saturated carbocycles. The van der Waals surface area contributed by atoms with Crippen LogP contribution in [0.25, 0.3) is 0 Å². The topological polar surface area (TPSA) is 237 Å². The monoisotopic (exact) mass is 1380 g/mol. The Balaban J connectivity index is 5.23. The van der Waals surface area contributed by atoms with E-state index < -0.39 is 97.5 Å². The lowest BCUT2D eigenvalue weighted by Crippen LogP contribution is -2.30. The normalized spacial score (nSPS) is 14.0. The van der Waals surface area contributed by atoms with E-state index in [9.17, 15) is 43.2 Å². The van der Waals surface area contributed by atoms with Gasteiger partial charge in [0.2, 0.25) is 0 Å². The average molecular weight is 1380 g/mol. The maximum absolute atomic E-state index is 13.1. The van der Waals surface area contributed by atoms with E-state index in [1.165, 1.54) is 218 Å². The molecule has 0 fully saturated rings. The van der Waals surface area contributed by atoms with Crippen molar-refractivity contribution in [2.45, 2.75) is 412 Å². The first kappa shape index (κ1) is 92.1. The Morgan fingerprint density at radius 3 is 0.723 bits per heavy atom. The second-order valence-electron chi connectivity index (χ2n) is 27.5. The van der Waals surface area contributed by atoms with Crippen LogP contribution >= 0.6 is 15.6 Å². The molecule has 19 heteroatoms. The highest BCUT2D eigenvalue weighted by molar-refractivity contribution is 7.47. The minimum Gasteiger partial charge on any atom is -0.462 e. The fourth-order valence-electron chi connectivity index (χ4n) is 11.5. The first-order valence-corrected chi connectivity index (χ1v) is 42.1. The molecule has 0 aromatic carbocycles. The number of hydrogen-bond acceptors (Lipinski definition) is 15. The molecule has 17 nitrogen and oxygen atoms in total. The Bertz CT molecular complexity index is 1810. The summed E-state index contributed by atoms with van der Waals surface area (Å²) >= 11 is 0. The van der Waals surface area contributed by atoms with Crippen LogP contribution in [-0.2, 0) is 65.4 Å². The molecule has 0 amide bonds. The van der Waals surface area contributed by atoms with E-state index in [1.807, 2.05) is 0 Å². The maximum Gasteiger partial charge on any atom is 0.472 e. The molecule has 0 aliphatic carbocycles. The molecule has 0 spiro atoms. The molecule has 0 aromatic heterocycles. The Kier molecular flexibility index (Phi) is 66.8. The molecule has 0 bridgehead atoms. The largest absolute Gasteiger partial charge is 0.472 e. The van der Waals surface area contributed by atoms with Crippen molar-refractivity contribution in [3.05, 3.63) is 0 Å². The van der Waals surface area contributed by atoms with E-state index in [0.29, 0.717) is 25.7 Å². The number of unbranched alkanes of at least 4 members (excludes halogenated alkanes) is 47. The fraction of sp³-hybridized carbons (Fsp3) is 0.947. The van der Waals surface area contributed by atoms with Crippen LogP contribution in [0.1, 0.15) is 394 Å². The number of carbonyl (C=O) groups excluding carboxylic acids is 4. The Hall–Kier alpha value is -1.94. The molecular weight excluding hydrogens is 1230 g/mol. The SMILES string of the molecule is CCCCCCCCCCCCCCCCCCC(=O)O[C@H](COC(=O)CCCCCCCCCCCCCCCCC)COP(=O)(O)OC[C@@H](O)COP(=O)(O)OC[C@@H](COC(=O)CCCCCCCCCCC)OC(=O)CCCCCCCCCCCCCC(C)C. The molecule has 0 aliphatic rings. The minimum absolute atomic E-state index is 0.107. The molecule has 2 unspecified atom stereocenters. The van der Waals surface area contributed by atoms with E-state index in [-0.39, 0.29) is 25.7 Å². The molecule has 0 rings (SSSR count). The molecule has 5 atom stereocenters. The van der Waals surface area contributed by atoms with E-state index >= 15 is 0 Å². The van der Waals surface area contributed by atoms with Crippen LogP contribution in [0.2, 0.25) is 0 Å². The number of hydrogen-bond donors (Lipinski definition) is 3. The minimum atomic E-state index is -4.96. The number of rotatable bonds is 75. The molecule has 558 valence electrons. The third kappa shape index (κ3) is 68.6. The van der Waals surface area contributed by atoms with Crippen molar-refractivity contribution >= 4 is 39.5 Å². The van der Waals surface area contributed by atoms with Crippen molar-refractivity contribution in [2.75, 3.05) is 39.6 Å². The van der Waals surface area contributed by atoms with Crippen molar-refractivity contribution < 1.29 is 80.2 Å². The number of aliphatic hydroxyl groups is 1. The summed E-state index contributed by atoms with van der Waals surface area (Å²) in [7, 11) is -9.91. The summed E-state index contributed by atoms with van der Waals surface area (Å²) in [5.74, 6) is -1.35. The number of phosphoric acid groups is 2. The van der Waals surface area contributed by atoms with Gasteiger partial charge in [-0.1, -0.05) is 343 Å². The number of carbonyl (C=O) groups is 4. The highest BCUT2D eigenvalue weighted by atomic mass is 31.2. The molecule has 0 radical (unpaired) electrons. The zero-order valence-electron chi connectivity index (χ0n) is 61.1. The van der Waals surface area contributed by atoms with Gasteiger partial charge in [-0.15, -0.1) is 0 Å². The van der Waals surface area contributed by atoms with Gasteiger partial charge >= 0.3 is 39.5 Å². The summed E-state index contributed by atoms with van der Waals surface area (Å²) in [6.45, 7) is 7.28. The average Bonchev–Trinajstić information content (AvgIpc) is 1.41. The van der Waals surface area contributed by atoms with Gasteiger partial charge in [-0.25, -0.2) is 9.13 Å². The number of ether oxygens (including phenoxy) is 4. The van der Waals surface area contributed by atoms with Gasteiger partial charge in [0.25, 0.3) is 0 Å². The highest BCUT2D eigenvalue weighted by Crippen LogP contribution is 2.45. The molecule has 0 heterocycles. The van der Waals surface area contributed by atoms with Crippen molar-refractivity contribution in [1.29, 1.82) is 0 Å². The van der Waals surface area contributed by atoms with Crippen LogP contribution in [0, 0.1) is 5.92 Å². The predicted octanol–water partition coefficient (Wildman–Crippen LogP) is 22.1. The highest BCUT2D eigenvalue weighted by Gasteiger charge is 2.30. The van der Waals surface area contributed by atoms with Gasteiger partial charge in [0, 0.05) is 25.7 Å². The van der Waals surface area contributed by atoms with Crippen molar-refractivity contribution in [3.8, 4) is 0 Å². The number of phosphoric ester groups is 2. The summed E-state index contributed by atoms with van der Waals surface area (Å²) in [6, 6.07) is 0. The Labute approximate surface area is 575 Å². The number of esters is 4. The quantitative estimate of drug-likeness (QED) is 0.0222. The van der Waals surface area contributed by atoms with E-state index in [4.69, 9.17) is 37.0 Å². The van der Waals surface area contributed by atoms with Gasteiger partial charge in [-0.2, -0.15) is 0 Å². The third-order valence-electron chi connectivity index (χ3n) is 17.5. The van der Waals surface area contributed by atoms with E-state index in [1.54, 1.807) is 0 Å². The molecule has 94 heavy (non-hydrogen) atoms. The Morgan fingerprint density at radius 1 is 0.287 bits per heavy atom. The van der Waals surface area contributed by atoms with Gasteiger partial charge in [0.05, 0.1) is 26.4 Å². The zero-order chi connectivity index (χ0) is 69.1. The standard InChI is InChI=1S/C75H146O17P2/c1-6-9-12-15-18-21-23-25-27-29-31-35-40-45-50-55-60-74(79)92-71(65-86-73(78)59-54-49-44-39-34-30-28-26-24-22-19-16-13-10-7-2)67-90-94(83,84)88-63-69(76)62-87-93(81,82)89-66-70(64-85-72(77)58-53-48-43-37-20-17-14-11-8-3)91-75(80)61-56-51-46-41-36-32-33-38-42-47-52-57-68(4)5/h68-71,76H,6-67H2,1-5H3,(H,81,82)(H,83,84)/t69-,70+,71+/m0/s1. The van der Waals surface area contributed by atoms with Gasteiger partial charge in [0.15, 0.2) is 12.2 Å². The van der Waals surface area contributed by atoms with Crippen LogP contribution in [0.5, 0.6) is 0 Å². The zero-order valence-corrected chi connectivity index (χ0v) is 62.9. The summed E-state index contributed by atoms with van der Waals surface area (Å²) in [5, 5.41) is 10.6. The van der Waals surface area contributed by atoms with Crippen LogP contribution < -0.4 is 0 Å². The summed E-state index contributed by atoms with van der Waals surface area (Å²) < 4.78 is 68.5. The summed E-state index contributed by atoms with van der Waals surface area (Å²) in [6.07, 6.45) is 56.8. The second-order valence-corrected chi connectivity index (χ2v) is 30.4. The van der Waals surface area contributed by atoms with Gasteiger partial charge in [0.1, 0.15) is 19.3 Å². The molecule has 0 aliphatic heterocycles. The Morgan fingerprint density at radius 2 is 0.489 bits per heavy atom. The van der Waals surface area contributed by atoms with E-state index in [2.05, 4.69) is 34.6 Å². The van der Waals surface area contributed by atoms with Crippen molar-refractivity contribution in [3.63, 3.8) is 0 Å². The summed E-state index contributed by atoms with van der Waals surface area (Å²) in [4.78, 5) is 72.7. The summed E-state index contributed by atoms with van der Waals surface area (Å²) in [5.41, 5.74) is 0. The van der Waals surface area contributed by atoms with Crippen LogP contribution in [0.3, 0.4) is 0 Å². The van der Waals surface area contributed by atoms with Crippen LogP contribution in [0.4, 0.5) is 0 Å². The predicted molar refractivity (Wildman–Crippen MR) is 382 cm³/mol. The lowest BCUT2D eigenvalue weighted by atomic mass is 10.0. The smallest absolute Gasteiger partial charge is 0.462 e. The lowest BCUT2D eigenvalue weighted by Gasteiger charge is -2.21. The molecule has 0 aromatic rings. The molecular formula is C75H146O17P2. The third-order valence-corrected chi connectivity index (χ3v) is 19.4. The van der Waals surface area contributed by atoms with Crippen molar-refractivity contribution in [2.24, 2.45) is 5.92 Å². The number of aliphatic hydroxyl groups excluding tert-OH is 1. The van der Waals surface area contributed by atoms with Gasteiger partial charge in [-0.05, 0) is 31.6 Å². The molecule has 3 N–H and O–H groups in total. The van der Waals surface area contributed by atoms with Gasteiger partial charge < -0.3 is 33.8 Å². The maximum atomic E-state index is 13.1. The van der Waals surface area contributed by atoms with E-state index in [0.717, 1.165) is 95.8 Å². The second kappa shape index (κ2) is 68.2. The fourth-order valence-corrected chi connectivity index (χ4v) is 13.1. The lowest BCUT2D eigenvalue weighted by molar-refractivity contribution is -0.161. The first-order chi connectivity index (χ1) is 45.5. The molecule has 0 saturated heterocycles. The van der Waals surface area contributed by atoms with Crippen LogP contribution in [-0.4, -0.2) is 96.7 Å². The van der Waals surface area contributed by atoms with Crippen molar-refractivity contribution in [1.82, 2.24) is 0 Å².